The van der Waals surface area contributed by atoms with Gasteiger partial charge in [0.15, 0.2) is 0 Å². The van der Waals surface area contributed by atoms with Crippen molar-refractivity contribution in [2.45, 2.75) is 13.5 Å². The van der Waals surface area contributed by atoms with Crippen LogP contribution in [-0.2, 0) is 11.3 Å². The summed E-state index contributed by atoms with van der Waals surface area (Å²) in [6.07, 6.45) is 0. The molecule has 0 aromatic heterocycles. The Morgan fingerprint density at radius 1 is 1.12 bits per heavy atom. The van der Waals surface area contributed by atoms with Crippen LogP contribution in [0.4, 0.5) is 0 Å². The minimum absolute atomic E-state index is 0.0547. The van der Waals surface area contributed by atoms with E-state index < -0.39 is 0 Å². The lowest BCUT2D eigenvalue weighted by Crippen LogP contribution is -2.11. The topological polar surface area (TPSA) is 50.7 Å². The maximum atomic E-state index is 8.51. The van der Waals surface area contributed by atoms with Crippen LogP contribution < -0.4 is 10.1 Å². The molecule has 0 fully saturated rings. The Bertz CT molecular complexity index is 287. The lowest BCUT2D eigenvalue weighted by atomic mass is 10.2. The molecule has 0 heterocycles. The molecule has 1 aromatic rings. The standard InChI is InChI=1S/C13H21NO3/c1-2-14-11-12-3-5-13(6-4-12)17-10-9-16-8-7-15/h3-6,14-15H,2,7-11H2,1H3. The summed E-state index contributed by atoms with van der Waals surface area (Å²) in [7, 11) is 0. The first kappa shape index (κ1) is 14.0. The van der Waals surface area contributed by atoms with Gasteiger partial charge in [-0.05, 0) is 24.2 Å². The van der Waals surface area contributed by atoms with Crippen LogP contribution in [0, 0.1) is 0 Å². The second-order valence-corrected chi connectivity index (χ2v) is 3.61. The van der Waals surface area contributed by atoms with Crippen LogP contribution in [0.5, 0.6) is 5.75 Å². The fourth-order valence-corrected chi connectivity index (χ4v) is 1.36. The highest BCUT2D eigenvalue weighted by atomic mass is 16.5. The summed E-state index contributed by atoms with van der Waals surface area (Å²) in [5, 5.41) is 11.8. The Kier molecular flexibility index (Phi) is 7.38. The van der Waals surface area contributed by atoms with Crippen LogP contribution in [0.1, 0.15) is 12.5 Å². The van der Waals surface area contributed by atoms with Crippen molar-refractivity contribution in [3.8, 4) is 5.75 Å². The molecule has 2 N–H and O–H groups in total. The molecule has 0 unspecified atom stereocenters. The molecule has 4 heteroatoms. The molecule has 0 radical (unpaired) electrons. The molecule has 0 bridgehead atoms. The van der Waals surface area contributed by atoms with Crippen molar-refractivity contribution in [3.05, 3.63) is 29.8 Å². The zero-order valence-corrected chi connectivity index (χ0v) is 10.3. The number of hydrogen-bond acceptors (Lipinski definition) is 4. The first-order chi connectivity index (χ1) is 8.36. The van der Waals surface area contributed by atoms with Gasteiger partial charge in [-0.1, -0.05) is 19.1 Å². The zero-order chi connectivity index (χ0) is 12.3. The summed E-state index contributed by atoms with van der Waals surface area (Å²) in [5.41, 5.74) is 1.25. The Morgan fingerprint density at radius 3 is 2.53 bits per heavy atom. The van der Waals surface area contributed by atoms with E-state index in [2.05, 4.69) is 12.2 Å². The highest BCUT2D eigenvalue weighted by Gasteiger charge is 1.95. The summed E-state index contributed by atoms with van der Waals surface area (Å²) < 4.78 is 10.6. The van der Waals surface area contributed by atoms with Crippen LogP contribution in [0.3, 0.4) is 0 Å². The average Bonchev–Trinajstić information content (AvgIpc) is 2.37. The van der Waals surface area contributed by atoms with Gasteiger partial charge in [-0.25, -0.2) is 0 Å². The maximum Gasteiger partial charge on any atom is 0.119 e. The van der Waals surface area contributed by atoms with Crippen molar-refractivity contribution in [2.75, 3.05) is 33.0 Å². The minimum Gasteiger partial charge on any atom is -0.491 e. The first-order valence-electron chi connectivity index (χ1n) is 5.98. The van der Waals surface area contributed by atoms with Gasteiger partial charge in [-0.3, -0.25) is 0 Å². The van der Waals surface area contributed by atoms with Crippen molar-refractivity contribution >= 4 is 0 Å². The predicted octanol–water partition coefficient (Wildman–Crippen LogP) is 1.18. The van der Waals surface area contributed by atoms with Gasteiger partial charge < -0.3 is 19.9 Å². The molecule has 0 aliphatic carbocycles. The monoisotopic (exact) mass is 239 g/mol. The second-order valence-electron chi connectivity index (χ2n) is 3.61. The number of aliphatic hydroxyl groups excluding tert-OH is 1. The quantitative estimate of drug-likeness (QED) is 0.635. The summed E-state index contributed by atoms with van der Waals surface area (Å²) in [6, 6.07) is 8.01. The molecule has 1 rings (SSSR count). The number of rotatable bonds is 9. The van der Waals surface area contributed by atoms with Gasteiger partial charge in [0.25, 0.3) is 0 Å². The number of nitrogens with one attached hydrogen (secondary N) is 1. The minimum atomic E-state index is 0.0547. The molecule has 4 nitrogen and oxygen atoms in total. The number of ether oxygens (including phenoxy) is 2. The van der Waals surface area contributed by atoms with E-state index >= 15 is 0 Å². The van der Waals surface area contributed by atoms with E-state index in [1.54, 1.807) is 0 Å². The van der Waals surface area contributed by atoms with Crippen molar-refractivity contribution in [3.63, 3.8) is 0 Å². The molecule has 1 aromatic carbocycles. The van der Waals surface area contributed by atoms with Gasteiger partial charge >= 0.3 is 0 Å². The SMILES string of the molecule is CCNCc1ccc(OCCOCCO)cc1. The van der Waals surface area contributed by atoms with Gasteiger partial charge in [0.2, 0.25) is 0 Å². The molecule has 0 spiro atoms. The van der Waals surface area contributed by atoms with Crippen LogP contribution >= 0.6 is 0 Å². The van der Waals surface area contributed by atoms with Crippen LogP contribution in [0.25, 0.3) is 0 Å². The smallest absolute Gasteiger partial charge is 0.119 e. The number of hydrogen-bond donors (Lipinski definition) is 2. The average molecular weight is 239 g/mol. The third-order valence-corrected chi connectivity index (χ3v) is 2.23. The van der Waals surface area contributed by atoms with E-state index in [0.717, 1.165) is 18.8 Å². The molecule has 0 aliphatic heterocycles. The van der Waals surface area contributed by atoms with Crippen LogP contribution in [0.2, 0.25) is 0 Å². The van der Waals surface area contributed by atoms with E-state index in [-0.39, 0.29) is 6.61 Å². The lowest BCUT2D eigenvalue weighted by Gasteiger charge is -2.07. The Balaban J connectivity index is 2.20. The van der Waals surface area contributed by atoms with Crippen molar-refractivity contribution in [2.24, 2.45) is 0 Å². The van der Waals surface area contributed by atoms with E-state index in [0.29, 0.717) is 19.8 Å². The Morgan fingerprint density at radius 2 is 1.88 bits per heavy atom. The van der Waals surface area contributed by atoms with Gasteiger partial charge in [-0.2, -0.15) is 0 Å². The third kappa shape index (κ3) is 6.26. The summed E-state index contributed by atoms with van der Waals surface area (Å²) in [4.78, 5) is 0. The fraction of sp³-hybridized carbons (Fsp3) is 0.538. The second kappa shape index (κ2) is 8.98. The Hall–Kier alpha value is -1.10. The fourth-order valence-electron chi connectivity index (χ4n) is 1.36. The van der Waals surface area contributed by atoms with Crippen molar-refractivity contribution < 1.29 is 14.6 Å². The highest BCUT2D eigenvalue weighted by molar-refractivity contribution is 5.27. The summed E-state index contributed by atoms with van der Waals surface area (Å²) in [5.74, 6) is 0.845. The van der Waals surface area contributed by atoms with Crippen molar-refractivity contribution in [1.29, 1.82) is 0 Å². The number of aliphatic hydroxyl groups is 1. The molecule has 17 heavy (non-hydrogen) atoms. The zero-order valence-electron chi connectivity index (χ0n) is 10.3. The van der Waals surface area contributed by atoms with E-state index in [1.165, 1.54) is 5.56 Å². The van der Waals surface area contributed by atoms with Gasteiger partial charge in [0.05, 0.1) is 19.8 Å². The summed E-state index contributed by atoms with van der Waals surface area (Å²) in [6.45, 7) is 5.37. The Labute approximate surface area is 103 Å². The number of benzene rings is 1. The van der Waals surface area contributed by atoms with Crippen LogP contribution in [0.15, 0.2) is 24.3 Å². The molecule has 96 valence electrons. The van der Waals surface area contributed by atoms with E-state index in [9.17, 15) is 0 Å². The normalized spacial score (nSPS) is 10.5. The third-order valence-electron chi connectivity index (χ3n) is 2.23. The molecular weight excluding hydrogens is 218 g/mol. The molecule has 0 aliphatic rings. The van der Waals surface area contributed by atoms with Crippen LogP contribution in [-0.4, -0.2) is 38.1 Å². The van der Waals surface area contributed by atoms with Gasteiger partial charge in [0, 0.05) is 6.54 Å². The molecule has 0 saturated heterocycles. The van der Waals surface area contributed by atoms with Gasteiger partial charge in [-0.15, -0.1) is 0 Å². The molecule has 0 atom stereocenters. The predicted molar refractivity (Wildman–Crippen MR) is 67.2 cm³/mol. The van der Waals surface area contributed by atoms with Gasteiger partial charge in [0.1, 0.15) is 12.4 Å². The van der Waals surface area contributed by atoms with E-state index in [1.807, 2.05) is 24.3 Å². The first-order valence-corrected chi connectivity index (χ1v) is 5.98. The lowest BCUT2D eigenvalue weighted by molar-refractivity contribution is 0.0705. The molecular formula is C13H21NO3. The maximum absolute atomic E-state index is 8.51. The molecule has 0 amide bonds. The molecule has 0 saturated carbocycles. The summed E-state index contributed by atoms with van der Waals surface area (Å²) >= 11 is 0. The largest absolute Gasteiger partial charge is 0.491 e. The highest BCUT2D eigenvalue weighted by Crippen LogP contribution is 2.11. The van der Waals surface area contributed by atoms with Crippen molar-refractivity contribution in [1.82, 2.24) is 5.32 Å². The van der Waals surface area contributed by atoms with E-state index in [4.69, 9.17) is 14.6 Å².